The van der Waals surface area contributed by atoms with Crippen molar-refractivity contribution in [1.29, 1.82) is 0 Å². The van der Waals surface area contributed by atoms with Crippen LogP contribution in [0.3, 0.4) is 0 Å². The number of nitrogens with zero attached hydrogens (tertiary/aromatic N) is 2. The molecule has 5 heteroatoms. The molecule has 1 aliphatic carbocycles. The molecule has 1 aliphatic rings. The van der Waals surface area contributed by atoms with E-state index in [1.54, 1.807) is 10.8 Å². The minimum atomic E-state index is -1.36. The number of hydrogen-bond acceptors (Lipinski definition) is 3. The Morgan fingerprint density at radius 3 is 2.20 bits per heavy atom. The van der Waals surface area contributed by atoms with E-state index in [9.17, 15) is 0 Å². The summed E-state index contributed by atoms with van der Waals surface area (Å²) in [6, 6.07) is 43.4. The number of rotatable bonds is 7. The van der Waals surface area contributed by atoms with Crippen LogP contribution in [0.1, 0.15) is 64.0 Å². The molecule has 0 spiro atoms. The van der Waals surface area contributed by atoms with Gasteiger partial charge in [-0.25, -0.2) is 0 Å². The van der Waals surface area contributed by atoms with E-state index in [2.05, 4.69) is 155 Å². The summed E-state index contributed by atoms with van der Waals surface area (Å²) in [5, 5.41) is 4.11. The van der Waals surface area contributed by atoms with Crippen molar-refractivity contribution in [1.82, 2.24) is 9.97 Å². The zero-order valence-electron chi connectivity index (χ0n) is 32.6. The molecule has 0 atom stereocenters. The first kappa shape index (κ1) is 39.9. The average Bonchev–Trinajstić information content (AvgIpc) is 3.52. The normalized spacial score (nSPS) is 13.7. The molecule has 2 nitrogen and oxygen atoms in total. The smallest absolute Gasteiger partial charge is 0.0798 e. The van der Waals surface area contributed by atoms with Gasteiger partial charge in [0.15, 0.2) is 0 Å². The monoisotopic (exact) mass is 921 g/mol. The van der Waals surface area contributed by atoms with Crippen LogP contribution in [-0.2, 0) is 32.9 Å². The number of thiophene rings is 1. The van der Waals surface area contributed by atoms with Crippen molar-refractivity contribution >= 4 is 44.8 Å². The maximum Gasteiger partial charge on any atom is 0.0798 e. The van der Waals surface area contributed by atoms with Gasteiger partial charge in [0, 0.05) is 37.2 Å². The standard InChI is InChI=1S/C28H24NS.C21H28NSi.Ir/c1-28(2,3)18-19-13-14-29-25(15-19)22-9-11-23-24-16-21(20-7-5-4-6-8-20)10-12-26(24)30-27(23)17-22;1-23(2,3)21-16-22-20(18-12-8-5-9-13-18)15-19(21)14-17-10-6-4-7-11-17;/h4-8,10-17H,18H2,1-3H3;5,8-9,12,15-17H,4,6-7,10-11,14H2,1-3H3;/q2*-1;. The van der Waals surface area contributed by atoms with E-state index < -0.39 is 8.07 Å². The summed E-state index contributed by atoms with van der Waals surface area (Å²) in [6.45, 7) is 14.1. The fraction of sp³-hybridized carbons (Fsp3) is 0.306. The quantitative estimate of drug-likeness (QED) is 0.118. The second-order valence-corrected chi connectivity index (χ2v) is 23.2. The maximum atomic E-state index is 4.77. The van der Waals surface area contributed by atoms with Crippen LogP contribution in [0.4, 0.5) is 0 Å². The van der Waals surface area contributed by atoms with Crippen molar-refractivity contribution in [3.05, 3.63) is 139 Å². The van der Waals surface area contributed by atoms with Gasteiger partial charge in [-0.3, -0.25) is 0 Å². The summed E-state index contributed by atoms with van der Waals surface area (Å²) < 4.78 is 2.59. The maximum absolute atomic E-state index is 4.77. The van der Waals surface area contributed by atoms with Crippen LogP contribution in [0.15, 0.2) is 116 Å². The second-order valence-electron chi connectivity index (χ2n) is 17.1. The molecule has 54 heavy (non-hydrogen) atoms. The Bertz CT molecular complexity index is 2300. The molecule has 3 aromatic heterocycles. The molecule has 0 bridgehead atoms. The molecule has 1 saturated carbocycles. The number of benzene rings is 4. The van der Waals surface area contributed by atoms with Gasteiger partial charge in [0.1, 0.15) is 0 Å². The van der Waals surface area contributed by atoms with Gasteiger partial charge in [-0.05, 0) is 74.1 Å². The van der Waals surface area contributed by atoms with Gasteiger partial charge in [0.2, 0.25) is 0 Å². The third kappa shape index (κ3) is 9.92. The summed E-state index contributed by atoms with van der Waals surface area (Å²) in [7, 11) is -1.36. The van der Waals surface area contributed by atoms with Crippen molar-refractivity contribution in [3.8, 4) is 33.6 Å². The van der Waals surface area contributed by atoms with Crippen LogP contribution in [0, 0.1) is 23.5 Å². The van der Waals surface area contributed by atoms with E-state index in [0.717, 1.165) is 34.9 Å². The molecule has 279 valence electrons. The van der Waals surface area contributed by atoms with E-state index in [1.807, 2.05) is 29.7 Å². The Balaban J connectivity index is 0.000000187. The van der Waals surface area contributed by atoms with E-state index in [4.69, 9.17) is 4.98 Å². The first-order valence-corrected chi connectivity index (χ1v) is 23.7. The van der Waals surface area contributed by atoms with Crippen molar-refractivity contribution in [3.63, 3.8) is 0 Å². The molecule has 0 amide bonds. The van der Waals surface area contributed by atoms with E-state index in [0.29, 0.717) is 0 Å². The zero-order chi connectivity index (χ0) is 37.0. The molecule has 1 fully saturated rings. The average molecular weight is 921 g/mol. The van der Waals surface area contributed by atoms with Crippen LogP contribution in [-0.4, -0.2) is 18.0 Å². The molecule has 0 saturated heterocycles. The van der Waals surface area contributed by atoms with Gasteiger partial charge in [0.05, 0.1) is 8.07 Å². The fourth-order valence-corrected chi connectivity index (χ4v) is 10.5. The van der Waals surface area contributed by atoms with Crippen LogP contribution < -0.4 is 5.19 Å². The zero-order valence-corrected chi connectivity index (χ0v) is 36.8. The Labute approximate surface area is 341 Å². The molecule has 7 aromatic rings. The first-order valence-electron chi connectivity index (χ1n) is 19.4. The summed E-state index contributed by atoms with van der Waals surface area (Å²) in [5.74, 6) is 0.869. The summed E-state index contributed by atoms with van der Waals surface area (Å²) in [4.78, 5) is 9.40. The Kier molecular flexibility index (Phi) is 12.9. The van der Waals surface area contributed by atoms with Crippen molar-refractivity contribution in [2.24, 2.45) is 11.3 Å². The van der Waals surface area contributed by atoms with Crippen molar-refractivity contribution in [2.45, 2.75) is 85.4 Å². The Morgan fingerprint density at radius 1 is 0.722 bits per heavy atom. The third-order valence-electron chi connectivity index (χ3n) is 10.4. The predicted octanol–water partition coefficient (Wildman–Crippen LogP) is 13.4. The number of hydrogen-bond donors (Lipinski definition) is 0. The minimum Gasteiger partial charge on any atom is -0.305 e. The molecule has 4 aromatic carbocycles. The molecule has 1 radical (unpaired) electrons. The Morgan fingerprint density at radius 2 is 1.48 bits per heavy atom. The summed E-state index contributed by atoms with van der Waals surface area (Å²) in [6.07, 6.45) is 13.4. The van der Waals surface area contributed by atoms with Gasteiger partial charge < -0.3 is 9.97 Å². The van der Waals surface area contributed by atoms with Crippen LogP contribution >= 0.6 is 11.3 Å². The van der Waals surface area contributed by atoms with E-state index in [-0.39, 0.29) is 25.5 Å². The summed E-state index contributed by atoms with van der Waals surface area (Å²) >= 11 is 1.84. The minimum absolute atomic E-state index is 0. The number of aromatic nitrogens is 2. The molecular formula is C49H52IrN2SSi-2. The molecule has 0 N–H and O–H groups in total. The summed E-state index contributed by atoms with van der Waals surface area (Å²) in [5.41, 5.74) is 9.90. The molecule has 0 unspecified atom stereocenters. The van der Waals surface area contributed by atoms with E-state index >= 15 is 0 Å². The number of fused-ring (bicyclic) bond motifs is 3. The van der Waals surface area contributed by atoms with Gasteiger partial charge in [-0.15, -0.1) is 59.7 Å². The van der Waals surface area contributed by atoms with Crippen LogP contribution in [0.2, 0.25) is 19.6 Å². The second kappa shape index (κ2) is 17.4. The van der Waals surface area contributed by atoms with E-state index in [1.165, 1.54) is 75.4 Å². The largest absolute Gasteiger partial charge is 0.305 e. The number of pyridine rings is 2. The first-order chi connectivity index (χ1) is 25.5. The molecule has 0 aliphatic heterocycles. The van der Waals surface area contributed by atoms with Crippen molar-refractivity contribution < 1.29 is 20.1 Å². The fourth-order valence-electron chi connectivity index (χ4n) is 7.76. The molecule has 8 rings (SSSR count). The SMILES string of the molecule is CC(C)(C)Cc1ccnc(-c2[c-]cc3c(c2)sc2ccc(-c4ccccc4)cc23)c1.C[Si](C)(C)c1cnc(-c2[c-]cccc2)cc1CC1CCCCC1.[Ir]. The van der Waals surface area contributed by atoms with Gasteiger partial charge in [0.25, 0.3) is 0 Å². The Hall–Kier alpha value is -3.73. The van der Waals surface area contributed by atoms with Gasteiger partial charge >= 0.3 is 0 Å². The molecular weight excluding hydrogens is 869 g/mol. The topological polar surface area (TPSA) is 25.8 Å². The van der Waals surface area contributed by atoms with Gasteiger partial charge in [-0.2, -0.15) is 11.3 Å². The molecule has 3 heterocycles. The van der Waals surface area contributed by atoms with Crippen LogP contribution in [0.25, 0.3) is 53.8 Å². The third-order valence-corrected chi connectivity index (χ3v) is 13.6. The predicted molar refractivity (Wildman–Crippen MR) is 232 cm³/mol. The van der Waals surface area contributed by atoms with Crippen molar-refractivity contribution in [2.75, 3.05) is 0 Å². The van der Waals surface area contributed by atoms with Crippen LogP contribution in [0.5, 0.6) is 0 Å². The van der Waals surface area contributed by atoms with Gasteiger partial charge in [-0.1, -0.05) is 144 Å².